The molecule has 0 aliphatic rings. The molecular formula is C39H84O10P4S8. The van der Waals surface area contributed by atoms with E-state index >= 15 is 0 Å². The summed E-state index contributed by atoms with van der Waals surface area (Å²) in [4.78, 5) is 11.3. The standard InChI is InChI=1S/C39H84O10P4S8/c1-27(2)20-32(11)43-51(55,44-33(12)21-28(3)4)59-25-37(16)48-53(57,61-24-36(15)47-50(54,42-31(9)10)58-19-18-39(40)41)49-38(17)26-60-52(56,45-34(13)22-29(5)6)46-35(14)23-30(7)8/h27-38,51,55H,18-26H2,1-17H3,(H,40,41). The molecule has 0 rings (SSSR count). The number of aliphatic carboxylic acids is 1. The van der Waals surface area contributed by atoms with Gasteiger partial charge in [0.2, 0.25) is 0 Å². The molecule has 0 saturated heterocycles. The third-order valence-electron chi connectivity index (χ3n) is 7.80. The van der Waals surface area contributed by atoms with Crippen molar-refractivity contribution in [3.05, 3.63) is 0 Å². The van der Waals surface area contributed by atoms with Crippen LogP contribution in [0.4, 0.5) is 0 Å². The first-order valence-electron chi connectivity index (χ1n) is 21.7. The van der Waals surface area contributed by atoms with Gasteiger partial charge in [-0.25, -0.2) is 0 Å². The first-order chi connectivity index (χ1) is 27.9. The number of hydrogen-bond donors (Lipinski definition) is 2. The molecule has 0 radical (unpaired) electrons. The summed E-state index contributed by atoms with van der Waals surface area (Å²) in [5, 5.41) is 9.24. The molecule has 0 heterocycles. The van der Waals surface area contributed by atoms with E-state index in [2.05, 4.69) is 83.1 Å². The second-order valence-electron chi connectivity index (χ2n) is 17.9. The molecule has 22 heteroatoms. The van der Waals surface area contributed by atoms with Crippen LogP contribution in [0.15, 0.2) is 0 Å². The quantitative estimate of drug-likeness (QED) is 0.0454. The van der Waals surface area contributed by atoms with Gasteiger partial charge in [0.05, 0.1) is 6.42 Å². The van der Waals surface area contributed by atoms with Crippen molar-refractivity contribution in [2.45, 2.75) is 199 Å². The number of hydrogen-bond acceptors (Lipinski definition) is 17. The van der Waals surface area contributed by atoms with Gasteiger partial charge >= 0.3 is 317 Å². The van der Waals surface area contributed by atoms with Crippen molar-refractivity contribution in [3.8, 4) is 0 Å². The fourth-order valence-electron chi connectivity index (χ4n) is 6.01. The predicted molar refractivity (Wildman–Crippen MR) is 290 cm³/mol. The molecule has 0 saturated carbocycles. The van der Waals surface area contributed by atoms with E-state index in [-0.39, 0.29) is 54.9 Å². The molecule has 0 bridgehead atoms. The van der Waals surface area contributed by atoms with Gasteiger partial charge in [0.1, 0.15) is 0 Å². The van der Waals surface area contributed by atoms with Crippen molar-refractivity contribution in [2.75, 3.05) is 23.0 Å². The summed E-state index contributed by atoms with van der Waals surface area (Å²) in [6.07, 6.45) is -0.904. The summed E-state index contributed by atoms with van der Waals surface area (Å²) < 4.78 is 52.4. The predicted octanol–water partition coefficient (Wildman–Crippen LogP) is 15.9. The zero-order valence-corrected chi connectivity index (χ0v) is 50.4. The summed E-state index contributed by atoms with van der Waals surface area (Å²) >= 11 is 29.3. The fourth-order valence-corrected chi connectivity index (χ4v) is 29.4. The van der Waals surface area contributed by atoms with E-state index in [1.54, 1.807) is 11.4 Å². The second kappa shape index (κ2) is 32.2. The van der Waals surface area contributed by atoms with Crippen molar-refractivity contribution in [2.24, 2.45) is 23.7 Å². The molecule has 0 fully saturated rings. The first-order valence-corrected chi connectivity index (χ1v) is 39.2. The number of thiol groups is 1. The monoisotopic (exact) mass is 1090 g/mol. The van der Waals surface area contributed by atoms with Gasteiger partial charge in [-0.1, -0.05) is 27.7 Å². The van der Waals surface area contributed by atoms with Crippen LogP contribution in [0, 0.1) is 23.7 Å². The zero-order valence-electron chi connectivity index (χ0n) is 40.1. The van der Waals surface area contributed by atoms with E-state index in [9.17, 15) is 9.90 Å². The van der Waals surface area contributed by atoms with Gasteiger partial charge in [-0.15, -0.1) is 0 Å². The van der Waals surface area contributed by atoms with Gasteiger partial charge in [-0.2, -0.15) is 0 Å². The summed E-state index contributed by atoms with van der Waals surface area (Å²) in [5.41, 5.74) is -8.69. The van der Waals surface area contributed by atoms with E-state index in [0.717, 1.165) is 25.7 Å². The van der Waals surface area contributed by atoms with E-state index < -0.39 is 35.3 Å². The maximum atomic E-state index is 11.3. The topological polar surface area (TPSA) is 111 Å². The van der Waals surface area contributed by atoms with Crippen LogP contribution >= 0.6 is 81.0 Å². The Hall–Kier alpha value is 3.28. The second-order valence-corrected chi connectivity index (χ2v) is 44.0. The summed E-state index contributed by atoms with van der Waals surface area (Å²) in [6.45, 7) is 35.4. The van der Waals surface area contributed by atoms with E-state index in [0.29, 0.717) is 40.9 Å². The van der Waals surface area contributed by atoms with Gasteiger partial charge in [-0.3, -0.25) is 4.79 Å². The Labute approximate surface area is 410 Å². The van der Waals surface area contributed by atoms with Crippen molar-refractivity contribution in [1.82, 2.24) is 0 Å². The minimum atomic E-state index is -3.06. The van der Waals surface area contributed by atoms with Crippen LogP contribution in [-0.2, 0) is 76.4 Å². The van der Waals surface area contributed by atoms with Crippen molar-refractivity contribution in [1.29, 1.82) is 0 Å². The first kappa shape index (κ1) is 64.3. The smallest absolute Gasteiger partial charge is 0.481 e. The molecule has 61 heavy (non-hydrogen) atoms. The zero-order chi connectivity index (χ0) is 47.4. The summed E-state index contributed by atoms with van der Waals surface area (Å²) in [7, 11) is 0. The minimum absolute atomic E-state index is 0.0151. The molecule has 0 aliphatic heterocycles. The Bertz CT molecular complexity index is 1330. The van der Waals surface area contributed by atoms with Gasteiger partial charge in [0.15, 0.2) is 0 Å². The molecule has 0 aromatic heterocycles. The Morgan fingerprint density at radius 3 is 1.15 bits per heavy atom. The number of carboxylic acids is 1. The molecule has 0 aliphatic carbocycles. The van der Waals surface area contributed by atoms with Crippen LogP contribution in [0.5, 0.6) is 0 Å². The molecule has 0 spiro atoms. The molecular weight excluding hydrogens is 1010 g/mol. The van der Waals surface area contributed by atoms with Gasteiger partial charge < -0.3 is 5.11 Å². The minimum Gasteiger partial charge on any atom is -0.481 e. The Balaban J connectivity index is 6.47. The molecule has 9 unspecified atom stereocenters. The number of carboxylic acid groups (broad SMARTS) is 1. The van der Waals surface area contributed by atoms with Gasteiger partial charge in [0.25, 0.3) is 0 Å². The molecule has 10 nitrogen and oxygen atoms in total. The van der Waals surface area contributed by atoms with Crippen LogP contribution in [0.2, 0.25) is 0 Å². The fraction of sp³-hybridized carbons (Fsp3) is 0.974. The number of carbonyl (C=O) groups is 1. The molecule has 0 aromatic carbocycles. The van der Waals surface area contributed by atoms with Crippen LogP contribution in [0.3, 0.4) is 0 Å². The summed E-state index contributed by atoms with van der Waals surface area (Å²) in [6, 6.07) is 0. The van der Waals surface area contributed by atoms with Crippen LogP contribution in [-0.4, -0.2) is 82.9 Å². The summed E-state index contributed by atoms with van der Waals surface area (Å²) in [5.74, 6) is 2.69. The number of rotatable bonds is 37. The van der Waals surface area contributed by atoms with Gasteiger partial charge in [0, 0.05) is 0 Å². The maximum absolute atomic E-state index is 11.3. The van der Waals surface area contributed by atoms with E-state index in [4.69, 9.17) is 83.9 Å². The molecule has 1 N–H and O–H groups in total. The van der Waals surface area contributed by atoms with Crippen LogP contribution < -0.4 is 0 Å². The van der Waals surface area contributed by atoms with E-state index in [1.165, 1.54) is 34.1 Å². The van der Waals surface area contributed by atoms with Crippen LogP contribution in [0.25, 0.3) is 0 Å². The third-order valence-corrected chi connectivity index (χ3v) is 30.7. The van der Waals surface area contributed by atoms with E-state index in [1.807, 2.05) is 34.6 Å². The molecule has 0 amide bonds. The average Bonchev–Trinajstić information content (AvgIpc) is 3.03. The average molecular weight is 1090 g/mol. The van der Waals surface area contributed by atoms with Crippen LogP contribution in [0.1, 0.15) is 150 Å². The normalized spacial score (nSPS) is 19.7. The van der Waals surface area contributed by atoms with Gasteiger partial charge in [-0.05, 0) is 52.4 Å². The molecule has 368 valence electrons. The van der Waals surface area contributed by atoms with Crippen molar-refractivity contribution in [3.63, 3.8) is 0 Å². The molecule has 0 aromatic rings. The Kier molecular flexibility index (Phi) is 34.0. The SMILES string of the molecule is CC(C)CC(C)OP(=S)(OC(C)CC(C)C)SCC(C)OP(=S)(OC(C)CS[PH](S)(OC(C)CC(C)C)OC(C)CC(C)C)SCC(C)OP(=S)(OC(C)C)SCCC(=O)O. The Morgan fingerprint density at radius 2 is 0.820 bits per heavy atom. The van der Waals surface area contributed by atoms with Crippen molar-refractivity contribution < 1.29 is 46.1 Å². The third kappa shape index (κ3) is 33.5. The Morgan fingerprint density at radius 1 is 0.508 bits per heavy atom. The van der Waals surface area contributed by atoms with Crippen molar-refractivity contribution >= 4 is 122 Å². The molecule has 9 atom stereocenters.